The Kier molecular flexibility index (Phi) is 3.09. The molecule has 0 spiro atoms. The zero-order valence-electron chi connectivity index (χ0n) is 9.66. The highest BCUT2D eigenvalue weighted by Gasteiger charge is 2.15. The number of ether oxygens (including phenoxy) is 1. The van der Waals surface area contributed by atoms with Gasteiger partial charge in [0.05, 0.1) is 16.8 Å². The summed E-state index contributed by atoms with van der Waals surface area (Å²) in [7, 11) is 0. The summed E-state index contributed by atoms with van der Waals surface area (Å²) in [5, 5.41) is 10.9. The molecule has 1 aromatic carbocycles. The lowest BCUT2D eigenvalue weighted by Crippen LogP contribution is -1.95. The van der Waals surface area contributed by atoms with Crippen molar-refractivity contribution >= 4 is 11.4 Å². The number of nitro benzene ring substituents is 1. The van der Waals surface area contributed by atoms with Crippen LogP contribution in [0.3, 0.4) is 0 Å². The Bertz CT molecular complexity index is 582. The molecule has 2 aromatic rings. The third-order valence-corrected chi connectivity index (χ3v) is 2.29. The van der Waals surface area contributed by atoms with Gasteiger partial charge in [-0.2, -0.15) is 0 Å². The van der Waals surface area contributed by atoms with Gasteiger partial charge in [-0.1, -0.05) is 6.07 Å². The van der Waals surface area contributed by atoms with Crippen LogP contribution in [0.5, 0.6) is 11.6 Å². The number of nitrogen functional groups attached to an aromatic ring is 1. The fraction of sp³-hybridized carbons (Fsp3) is 0.0833. The van der Waals surface area contributed by atoms with Gasteiger partial charge in [0.15, 0.2) is 0 Å². The molecule has 0 unspecified atom stereocenters. The van der Waals surface area contributed by atoms with Gasteiger partial charge in [-0.15, -0.1) is 0 Å². The number of anilines is 1. The van der Waals surface area contributed by atoms with Crippen LogP contribution in [0.2, 0.25) is 0 Å². The minimum absolute atomic E-state index is 0.0979. The summed E-state index contributed by atoms with van der Waals surface area (Å²) in [4.78, 5) is 14.3. The van der Waals surface area contributed by atoms with Crippen LogP contribution in [0.4, 0.5) is 11.4 Å². The van der Waals surface area contributed by atoms with Crippen molar-refractivity contribution in [2.75, 3.05) is 5.73 Å². The highest BCUT2D eigenvalue weighted by molar-refractivity contribution is 5.50. The van der Waals surface area contributed by atoms with Gasteiger partial charge < -0.3 is 10.5 Å². The van der Waals surface area contributed by atoms with Crippen LogP contribution in [0.1, 0.15) is 5.56 Å². The van der Waals surface area contributed by atoms with Crippen LogP contribution in [0.15, 0.2) is 36.5 Å². The van der Waals surface area contributed by atoms with Gasteiger partial charge in [0, 0.05) is 12.1 Å². The Morgan fingerprint density at radius 2 is 2.11 bits per heavy atom. The van der Waals surface area contributed by atoms with Crippen molar-refractivity contribution in [3.05, 3.63) is 52.2 Å². The fourth-order valence-corrected chi connectivity index (χ4v) is 1.42. The second kappa shape index (κ2) is 4.70. The monoisotopic (exact) mass is 245 g/mol. The molecule has 0 bridgehead atoms. The molecule has 0 aliphatic rings. The molecular weight excluding hydrogens is 234 g/mol. The first-order valence-electron chi connectivity index (χ1n) is 5.20. The van der Waals surface area contributed by atoms with E-state index in [1.54, 1.807) is 24.3 Å². The molecular formula is C12H11N3O3. The zero-order valence-corrected chi connectivity index (χ0v) is 9.66. The highest BCUT2D eigenvalue weighted by atomic mass is 16.6. The van der Waals surface area contributed by atoms with Crippen LogP contribution in [-0.4, -0.2) is 9.91 Å². The lowest BCUT2D eigenvalue weighted by atomic mass is 10.2. The van der Waals surface area contributed by atoms with Gasteiger partial charge in [0.25, 0.3) is 0 Å². The number of hydrogen-bond acceptors (Lipinski definition) is 5. The number of nitrogens with two attached hydrogens (primary N) is 1. The Balaban J connectivity index is 2.35. The molecule has 0 aliphatic carbocycles. The summed E-state index contributed by atoms with van der Waals surface area (Å²) in [6.07, 6.45) is 1.43. The lowest BCUT2D eigenvalue weighted by molar-refractivity contribution is -0.385. The van der Waals surface area contributed by atoms with E-state index in [2.05, 4.69) is 4.98 Å². The maximum Gasteiger partial charge on any atom is 0.311 e. The second-order valence-electron chi connectivity index (χ2n) is 3.76. The van der Waals surface area contributed by atoms with E-state index in [0.29, 0.717) is 5.69 Å². The maximum atomic E-state index is 10.9. The Morgan fingerprint density at radius 1 is 1.33 bits per heavy atom. The first-order chi connectivity index (χ1) is 8.56. The average molecular weight is 245 g/mol. The van der Waals surface area contributed by atoms with E-state index >= 15 is 0 Å². The Labute approximate surface area is 103 Å². The number of pyridine rings is 1. The first-order valence-corrected chi connectivity index (χ1v) is 5.20. The zero-order chi connectivity index (χ0) is 13.1. The van der Waals surface area contributed by atoms with Crippen molar-refractivity contribution < 1.29 is 9.66 Å². The van der Waals surface area contributed by atoms with Crippen LogP contribution in [0.25, 0.3) is 0 Å². The number of hydrogen-bond donors (Lipinski definition) is 1. The molecule has 18 heavy (non-hydrogen) atoms. The van der Waals surface area contributed by atoms with Gasteiger partial charge in [0.1, 0.15) is 0 Å². The molecule has 2 rings (SSSR count). The quantitative estimate of drug-likeness (QED) is 0.663. The van der Waals surface area contributed by atoms with Crippen LogP contribution >= 0.6 is 0 Å². The number of benzene rings is 1. The Hall–Kier alpha value is -2.63. The Morgan fingerprint density at radius 3 is 2.72 bits per heavy atom. The standard InChI is InChI=1S/C12H11N3O3/c1-8-2-4-10(15(16)17)11(6-8)18-12-5-3-9(13)7-14-12/h2-7H,13H2,1H3. The van der Waals surface area contributed by atoms with Gasteiger partial charge >= 0.3 is 5.69 Å². The number of rotatable bonds is 3. The van der Waals surface area contributed by atoms with Crippen molar-refractivity contribution in [2.24, 2.45) is 0 Å². The van der Waals surface area contributed by atoms with E-state index in [4.69, 9.17) is 10.5 Å². The van der Waals surface area contributed by atoms with E-state index in [1.165, 1.54) is 12.3 Å². The van der Waals surface area contributed by atoms with Crippen LogP contribution < -0.4 is 10.5 Å². The molecule has 92 valence electrons. The summed E-state index contributed by atoms with van der Waals surface area (Å²) in [6.45, 7) is 1.83. The molecule has 2 N–H and O–H groups in total. The summed E-state index contributed by atoms with van der Waals surface area (Å²) in [6, 6.07) is 7.82. The summed E-state index contributed by atoms with van der Waals surface area (Å²) < 4.78 is 5.40. The predicted molar refractivity (Wildman–Crippen MR) is 66.6 cm³/mol. The van der Waals surface area contributed by atoms with E-state index < -0.39 is 4.92 Å². The van der Waals surface area contributed by atoms with Crippen molar-refractivity contribution in [2.45, 2.75) is 6.92 Å². The smallest absolute Gasteiger partial charge is 0.311 e. The third-order valence-electron chi connectivity index (χ3n) is 2.29. The fourth-order valence-electron chi connectivity index (χ4n) is 1.42. The predicted octanol–water partition coefficient (Wildman–Crippen LogP) is 2.67. The molecule has 0 radical (unpaired) electrons. The van der Waals surface area contributed by atoms with E-state index in [0.717, 1.165) is 5.56 Å². The van der Waals surface area contributed by atoms with Crippen LogP contribution in [0, 0.1) is 17.0 Å². The van der Waals surface area contributed by atoms with Gasteiger partial charge in [-0.3, -0.25) is 10.1 Å². The molecule has 0 amide bonds. The minimum atomic E-state index is -0.494. The summed E-state index contributed by atoms with van der Waals surface area (Å²) in [5.41, 5.74) is 6.77. The topological polar surface area (TPSA) is 91.3 Å². The molecule has 0 saturated carbocycles. The summed E-state index contributed by atoms with van der Waals surface area (Å²) in [5.74, 6) is 0.426. The number of aromatic nitrogens is 1. The van der Waals surface area contributed by atoms with Crippen molar-refractivity contribution in [1.82, 2.24) is 4.98 Å². The SMILES string of the molecule is Cc1ccc([N+](=O)[O-])c(Oc2ccc(N)cn2)c1. The van der Waals surface area contributed by atoms with Gasteiger partial charge in [-0.05, 0) is 24.6 Å². The lowest BCUT2D eigenvalue weighted by Gasteiger charge is -2.06. The molecule has 6 nitrogen and oxygen atoms in total. The maximum absolute atomic E-state index is 10.9. The molecule has 6 heteroatoms. The molecule has 1 aromatic heterocycles. The molecule has 0 aliphatic heterocycles. The number of nitro groups is 1. The molecule has 0 fully saturated rings. The van der Waals surface area contributed by atoms with E-state index in [9.17, 15) is 10.1 Å². The largest absolute Gasteiger partial charge is 0.432 e. The number of nitrogens with zero attached hydrogens (tertiary/aromatic N) is 2. The highest BCUT2D eigenvalue weighted by Crippen LogP contribution is 2.31. The first kappa shape index (κ1) is 11.8. The minimum Gasteiger partial charge on any atom is -0.432 e. The van der Waals surface area contributed by atoms with E-state index in [-0.39, 0.29) is 17.3 Å². The molecule has 1 heterocycles. The second-order valence-corrected chi connectivity index (χ2v) is 3.76. The number of aryl methyl sites for hydroxylation is 1. The normalized spacial score (nSPS) is 10.1. The van der Waals surface area contributed by atoms with Crippen LogP contribution in [-0.2, 0) is 0 Å². The van der Waals surface area contributed by atoms with E-state index in [1.807, 2.05) is 6.92 Å². The third kappa shape index (κ3) is 2.54. The van der Waals surface area contributed by atoms with Crippen molar-refractivity contribution in [3.8, 4) is 11.6 Å². The molecule has 0 atom stereocenters. The van der Waals surface area contributed by atoms with Crippen molar-refractivity contribution in [1.29, 1.82) is 0 Å². The van der Waals surface area contributed by atoms with Gasteiger partial charge in [0.2, 0.25) is 11.6 Å². The van der Waals surface area contributed by atoms with Crippen molar-refractivity contribution in [3.63, 3.8) is 0 Å². The average Bonchev–Trinajstić information content (AvgIpc) is 2.32. The van der Waals surface area contributed by atoms with Gasteiger partial charge in [-0.25, -0.2) is 4.98 Å². The summed E-state index contributed by atoms with van der Waals surface area (Å²) >= 11 is 0. The molecule has 0 saturated heterocycles.